The van der Waals surface area contributed by atoms with E-state index in [0.717, 1.165) is 49.9 Å². The van der Waals surface area contributed by atoms with E-state index in [2.05, 4.69) is 20.2 Å². The van der Waals surface area contributed by atoms with Gasteiger partial charge in [0.25, 0.3) is 0 Å². The van der Waals surface area contributed by atoms with Crippen molar-refractivity contribution in [2.45, 2.75) is 56.4 Å². The molecule has 0 unspecified atom stereocenters. The van der Waals surface area contributed by atoms with Gasteiger partial charge in [0.05, 0.1) is 16.1 Å². The number of carbonyl (C=O) groups excluding carboxylic acids is 1. The van der Waals surface area contributed by atoms with Crippen LogP contribution in [-0.4, -0.2) is 49.7 Å². The number of piperidine rings is 1. The Morgan fingerprint density at radius 1 is 1.10 bits per heavy atom. The van der Waals surface area contributed by atoms with E-state index in [9.17, 15) is 13.2 Å². The molecule has 2 heterocycles. The van der Waals surface area contributed by atoms with Crippen LogP contribution in [0, 0.1) is 12.8 Å². The van der Waals surface area contributed by atoms with Gasteiger partial charge in [-0.15, -0.1) is 0 Å². The summed E-state index contributed by atoms with van der Waals surface area (Å²) in [6, 6.07) is 5.34. The smallest absolute Gasteiger partial charge is 0.226 e. The lowest BCUT2D eigenvalue weighted by atomic mass is 9.95. The normalized spacial score (nSPS) is 19.0. The second kappa shape index (κ2) is 7.89. The van der Waals surface area contributed by atoms with Crippen LogP contribution >= 0.6 is 0 Å². The molecule has 0 spiro atoms. The molecule has 2 fully saturated rings. The summed E-state index contributed by atoms with van der Waals surface area (Å²) in [6.07, 6.45) is 7.38. The molecule has 29 heavy (non-hydrogen) atoms. The average molecular weight is 417 g/mol. The zero-order chi connectivity index (χ0) is 20.6. The maximum Gasteiger partial charge on any atom is 0.226 e. The Labute approximate surface area is 171 Å². The van der Waals surface area contributed by atoms with E-state index in [0.29, 0.717) is 17.5 Å². The molecule has 1 N–H and O–H groups in total. The van der Waals surface area contributed by atoms with Gasteiger partial charge >= 0.3 is 0 Å². The third kappa shape index (κ3) is 4.37. The minimum Gasteiger partial charge on any atom is -0.353 e. The summed E-state index contributed by atoms with van der Waals surface area (Å²) in [6.45, 7) is 3.36. The Morgan fingerprint density at radius 3 is 2.45 bits per heavy atom. The fourth-order valence-corrected chi connectivity index (χ4v) is 5.00. The molecule has 0 atom stereocenters. The number of benzene rings is 1. The fourth-order valence-electron chi connectivity index (χ4n) is 4.36. The molecular formula is C21H28N4O3S. The number of aromatic nitrogens is 2. The zero-order valence-corrected chi connectivity index (χ0v) is 17.8. The van der Waals surface area contributed by atoms with Crippen molar-refractivity contribution in [3.63, 3.8) is 0 Å². The van der Waals surface area contributed by atoms with Gasteiger partial charge in [-0.25, -0.2) is 18.4 Å². The lowest BCUT2D eigenvalue weighted by Gasteiger charge is -2.32. The van der Waals surface area contributed by atoms with Crippen molar-refractivity contribution in [3.8, 4) is 0 Å². The summed E-state index contributed by atoms with van der Waals surface area (Å²) in [7, 11) is -3.29. The molecule has 0 bridgehead atoms. The third-order valence-corrected chi connectivity index (χ3v) is 7.24. The fraction of sp³-hybridized carbons (Fsp3) is 0.571. The third-order valence-electron chi connectivity index (χ3n) is 6.13. The Kier molecular flexibility index (Phi) is 5.46. The maximum absolute atomic E-state index is 12.5. The molecule has 0 radical (unpaired) electrons. The van der Waals surface area contributed by atoms with Crippen molar-refractivity contribution in [1.82, 2.24) is 15.3 Å². The van der Waals surface area contributed by atoms with Gasteiger partial charge in [-0.05, 0) is 50.8 Å². The molecule has 1 aromatic heterocycles. The molecule has 1 amide bonds. The number of rotatable bonds is 4. The summed E-state index contributed by atoms with van der Waals surface area (Å²) in [5, 5.41) is 4.06. The number of nitrogens with one attached hydrogen (secondary N) is 1. The molecule has 2 aliphatic rings. The quantitative estimate of drug-likeness (QED) is 0.824. The first kappa shape index (κ1) is 20.1. The lowest BCUT2D eigenvalue weighted by molar-refractivity contribution is -0.126. The summed E-state index contributed by atoms with van der Waals surface area (Å²) in [5.41, 5.74) is 1.46. The van der Waals surface area contributed by atoms with Gasteiger partial charge in [-0.1, -0.05) is 12.8 Å². The number of carbonyl (C=O) groups is 1. The van der Waals surface area contributed by atoms with Gasteiger partial charge in [-0.3, -0.25) is 4.79 Å². The van der Waals surface area contributed by atoms with E-state index in [1.807, 2.05) is 6.92 Å². The lowest BCUT2D eigenvalue weighted by Crippen LogP contribution is -2.43. The highest BCUT2D eigenvalue weighted by molar-refractivity contribution is 7.90. The highest BCUT2D eigenvalue weighted by Crippen LogP contribution is 2.26. The number of fused-ring (bicyclic) bond motifs is 1. The van der Waals surface area contributed by atoms with Crippen molar-refractivity contribution < 1.29 is 13.2 Å². The number of aryl methyl sites for hydroxylation is 1. The predicted molar refractivity (Wildman–Crippen MR) is 113 cm³/mol. The average Bonchev–Trinajstić information content (AvgIpc) is 3.20. The minimum atomic E-state index is -3.29. The van der Waals surface area contributed by atoms with Crippen LogP contribution in [0.15, 0.2) is 23.1 Å². The largest absolute Gasteiger partial charge is 0.353 e. The van der Waals surface area contributed by atoms with Crippen LogP contribution in [0.1, 0.15) is 44.2 Å². The first-order valence-electron chi connectivity index (χ1n) is 10.3. The predicted octanol–water partition coefficient (Wildman–Crippen LogP) is 2.62. The molecule has 1 saturated heterocycles. The summed E-state index contributed by atoms with van der Waals surface area (Å²) in [5.74, 6) is 0.838. The van der Waals surface area contributed by atoms with Gasteiger partial charge in [0.1, 0.15) is 0 Å². The van der Waals surface area contributed by atoms with Crippen LogP contribution in [0.25, 0.3) is 10.9 Å². The topological polar surface area (TPSA) is 92.3 Å². The molecule has 1 aliphatic carbocycles. The highest BCUT2D eigenvalue weighted by Gasteiger charge is 2.28. The van der Waals surface area contributed by atoms with Crippen LogP contribution in [-0.2, 0) is 14.6 Å². The maximum atomic E-state index is 12.5. The molecule has 7 nitrogen and oxygen atoms in total. The molecule has 4 rings (SSSR count). The zero-order valence-electron chi connectivity index (χ0n) is 17.0. The summed E-state index contributed by atoms with van der Waals surface area (Å²) >= 11 is 0. The van der Waals surface area contributed by atoms with E-state index < -0.39 is 9.84 Å². The monoisotopic (exact) mass is 416 g/mol. The molecular weight excluding hydrogens is 388 g/mol. The second-order valence-electron chi connectivity index (χ2n) is 8.31. The van der Waals surface area contributed by atoms with E-state index in [4.69, 9.17) is 0 Å². The van der Waals surface area contributed by atoms with Crippen molar-refractivity contribution in [1.29, 1.82) is 0 Å². The van der Waals surface area contributed by atoms with E-state index in [-0.39, 0.29) is 16.7 Å². The summed E-state index contributed by atoms with van der Waals surface area (Å²) in [4.78, 5) is 24.2. The Bertz CT molecular complexity index is 1020. The SMILES string of the molecule is Cc1nc(N2CCC(C(=O)NC3CCCC3)CC2)nc2cc(S(C)(=O)=O)ccc12. The van der Waals surface area contributed by atoms with E-state index in [1.54, 1.807) is 18.2 Å². The van der Waals surface area contributed by atoms with Gasteiger partial charge in [0.2, 0.25) is 11.9 Å². The molecule has 1 saturated carbocycles. The van der Waals surface area contributed by atoms with Crippen molar-refractivity contribution in [2.24, 2.45) is 5.92 Å². The standard InChI is InChI=1S/C21H28N4O3S/c1-14-18-8-7-17(29(2,27)28)13-19(18)24-21(22-14)25-11-9-15(10-12-25)20(26)23-16-5-3-4-6-16/h7-8,13,15-16H,3-6,9-12H2,1-2H3,(H,23,26). The molecule has 1 aliphatic heterocycles. The van der Waals surface area contributed by atoms with Crippen LogP contribution in [0.5, 0.6) is 0 Å². The number of hydrogen-bond donors (Lipinski definition) is 1. The number of hydrogen-bond acceptors (Lipinski definition) is 6. The van der Waals surface area contributed by atoms with Crippen molar-refractivity contribution >= 4 is 32.6 Å². The Morgan fingerprint density at radius 2 is 1.79 bits per heavy atom. The van der Waals surface area contributed by atoms with Gasteiger partial charge in [-0.2, -0.15) is 0 Å². The second-order valence-corrected chi connectivity index (χ2v) is 10.3. The number of nitrogens with zero attached hydrogens (tertiary/aromatic N) is 3. The van der Waals surface area contributed by atoms with Crippen LogP contribution in [0.4, 0.5) is 5.95 Å². The van der Waals surface area contributed by atoms with Gasteiger partial charge < -0.3 is 10.2 Å². The van der Waals surface area contributed by atoms with Crippen molar-refractivity contribution in [2.75, 3.05) is 24.2 Å². The van der Waals surface area contributed by atoms with Gasteiger partial charge in [0.15, 0.2) is 9.84 Å². The molecule has 2 aromatic rings. The number of anilines is 1. The van der Waals surface area contributed by atoms with Crippen LogP contribution in [0.2, 0.25) is 0 Å². The Balaban J connectivity index is 1.48. The molecule has 8 heteroatoms. The molecule has 1 aromatic carbocycles. The Hall–Kier alpha value is -2.22. The van der Waals surface area contributed by atoms with Gasteiger partial charge in [0, 0.05) is 36.7 Å². The first-order valence-corrected chi connectivity index (χ1v) is 12.2. The van der Waals surface area contributed by atoms with E-state index >= 15 is 0 Å². The van der Waals surface area contributed by atoms with Crippen LogP contribution in [0.3, 0.4) is 0 Å². The minimum absolute atomic E-state index is 0.0465. The highest BCUT2D eigenvalue weighted by atomic mass is 32.2. The van der Waals surface area contributed by atoms with E-state index in [1.165, 1.54) is 19.1 Å². The molecule has 156 valence electrons. The number of sulfone groups is 1. The first-order chi connectivity index (χ1) is 13.8. The summed E-state index contributed by atoms with van der Waals surface area (Å²) < 4.78 is 23.8. The number of amides is 1. The van der Waals surface area contributed by atoms with Crippen LogP contribution < -0.4 is 10.2 Å². The van der Waals surface area contributed by atoms with Crippen molar-refractivity contribution in [3.05, 3.63) is 23.9 Å².